The van der Waals surface area contributed by atoms with Crippen LogP contribution in [0.1, 0.15) is 57.7 Å². The molecule has 1 spiro atoms. The maximum absolute atomic E-state index is 15.0. The molecule has 8 nitrogen and oxygen atoms in total. The fraction of sp³-hybridized carbons (Fsp3) is 0.216. The molecule has 4 aromatic carbocycles. The Bertz CT molecular complexity index is 1910. The third-order valence-electron chi connectivity index (χ3n) is 9.57. The fourth-order valence-electron chi connectivity index (χ4n) is 7.61. The van der Waals surface area contributed by atoms with Gasteiger partial charge in [0, 0.05) is 40.2 Å². The number of carbonyl (C=O) groups is 3. The number of anilines is 2. The summed E-state index contributed by atoms with van der Waals surface area (Å²) in [5.41, 5.74) is 4.09. The summed E-state index contributed by atoms with van der Waals surface area (Å²) in [6.45, 7) is 4.08. The summed E-state index contributed by atoms with van der Waals surface area (Å²) < 4.78 is 0. The number of ketones is 2. The zero-order chi connectivity index (χ0) is 31.5. The molecule has 0 radical (unpaired) electrons. The lowest BCUT2D eigenvalue weighted by atomic mass is 9.64. The van der Waals surface area contributed by atoms with E-state index in [1.807, 2.05) is 78.6 Å². The minimum atomic E-state index is -1.42. The van der Waals surface area contributed by atoms with E-state index < -0.39 is 28.3 Å². The molecule has 0 saturated carbocycles. The number of para-hydroxylation sites is 2. The average Bonchev–Trinajstić information content (AvgIpc) is 3.53. The SMILES string of the molecule is CCCc1ccc(C(=O)C2C(C(=O)c3ccc([N+](=O)[O-])cc3)N3c4ccccc4C(C)=CC3C23C(=O)Nc2ccccc23)cc1. The number of non-ortho nitro benzene ring substituents is 1. The minimum Gasteiger partial charge on any atom is -0.352 e. The molecule has 4 atom stereocenters. The smallest absolute Gasteiger partial charge is 0.269 e. The van der Waals surface area contributed by atoms with Crippen molar-refractivity contribution < 1.29 is 19.3 Å². The highest BCUT2D eigenvalue weighted by molar-refractivity contribution is 6.18. The van der Waals surface area contributed by atoms with Crippen molar-refractivity contribution >= 4 is 40.1 Å². The monoisotopic (exact) mass is 597 g/mol. The number of amides is 1. The molecule has 3 aliphatic rings. The van der Waals surface area contributed by atoms with Gasteiger partial charge in [0.1, 0.15) is 11.5 Å². The van der Waals surface area contributed by atoms with E-state index >= 15 is 0 Å². The summed E-state index contributed by atoms with van der Waals surface area (Å²) in [6, 6.07) is 26.3. The lowest BCUT2D eigenvalue weighted by Crippen LogP contribution is -2.51. The molecule has 1 N–H and O–H groups in total. The van der Waals surface area contributed by atoms with E-state index in [2.05, 4.69) is 12.2 Å². The molecular weight excluding hydrogens is 566 g/mol. The number of hydrogen-bond donors (Lipinski definition) is 1. The number of nitro benzene ring substituents is 1. The molecule has 7 rings (SSSR count). The number of nitro groups is 1. The predicted octanol–water partition coefficient (Wildman–Crippen LogP) is 6.79. The third-order valence-corrected chi connectivity index (χ3v) is 9.57. The highest BCUT2D eigenvalue weighted by Crippen LogP contribution is 2.58. The van der Waals surface area contributed by atoms with Crippen molar-refractivity contribution in [2.45, 2.75) is 44.2 Å². The van der Waals surface area contributed by atoms with Crippen LogP contribution < -0.4 is 10.2 Å². The molecule has 1 fully saturated rings. The van der Waals surface area contributed by atoms with Gasteiger partial charge in [-0.1, -0.05) is 80.1 Å². The van der Waals surface area contributed by atoms with Gasteiger partial charge < -0.3 is 10.2 Å². The van der Waals surface area contributed by atoms with E-state index in [1.165, 1.54) is 24.3 Å². The molecular formula is C37H31N3O5. The summed E-state index contributed by atoms with van der Waals surface area (Å²) in [6.07, 6.45) is 3.84. The van der Waals surface area contributed by atoms with Gasteiger partial charge in [-0.25, -0.2) is 0 Å². The van der Waals surface area contributed by atoms with Crippen LogP contribution in [0.3, 0.4) is 0 Å². The summed E-state index contributed by atoms with van der Waals surface area (Å²) >= 11 is 0. The topological polar surface area (TPSA) is 110 Å². The van der Waals surface area contributed by atoms with Gasteiger partial charge in [-0.15, -0.1) is 0 Å². The number of allylic oxidation sites excluding steroid dienone is 1. The van der Waals surface area contributed by atoms with E-state index in [9.17, 15) is 24.5 Å². The first-order chi connectivity index (χ1) is 21.8. The molecule has 3 heterocycles. The van der Waals surface area contributed by atoms with Crippen LogP contribution in [0.5, 0.6) is 0 Å². The molecule has 224 valence electrons. The molecule has 1 amide bonds. The third kappa shape index (κ3) is 4.16. The number of fused-ring (bicyclic) bond motifs is 6. The maximum atomic E-state index is 15.0. The summed E-state index contributed by atoms with van der Waals surface area (Å²) in [7, 11) is 0. The Kier molecular flexibility index (Phi) is 6.73. The van der Waals surface area contributed by atoms with Gasteiger partial charge in [0.15, 0.2) is 11.6 Å². The standard InChI is InChI=1S/C37H31N3O5/c1-3-8-23-13-15-24(16-14-23)34(41)32-33(35(42)25-17-19-26(20-18-25)40(44)45)39-30-12-7-4-9-27(30)22(2)21-31(39)37(32)28-10-5-6-11-29(28)38-36(37)43/h4-7,9-21,31-33H,3,8H2,1-2H3,(H,38,43). The molecule has 45 heavy (non-hydrogen) atoms. The van der Waals surface area contributed by atoms with Crippen molar-refractivity contribution in [3.8, 4) is 0 Å². The second-order valence-electron chi connectivity index (χ2n) is 12.0. The summed E-state index contributed by atoms with van der Waals surface area (Å²) in [5, 5.41) is 14.4. The van der Waals surface area contributed by atoms with Crippen LogP contribution >= 0.6 is 0 Å². The van der Waals surface area contributed by atoms with Crippen LogP contribution in [0.2, 0.25) is 0 Å². The number of Topliss-reactive ketones (excluding diaryl/α,β-unsaturated/α-hetero) is 2. The van der Waals surface area contributed by atoms with Crippen LogP contribution in [-0.2, 0) is 16.6 Å². The number of benzene rings is 4. The average molecular weight is 598 g/mol. The van der Waals surface area contributed by atoms with Crippen LogP contribution in [0.15, 0.2) is 103 Å². The molecule has 1 saturated heterocycles. The Morgan fingerprint density at radius 1 is 0.889 bits per heavy atom. The van der Waals surface area contributed by atoms with E-state index in [4.69, 9.17) is 0 Å². The van der Waals surface area contributed by atoms with Gasteiger partial charge in [-0.05, 0) is 54.3 Å². The van der Waals surface area contributed by atoms with Crippen LogP contribution in [0, 0.1) is 16.0 Å². The number of carbonyl (C=O) groups excluding carboxylic acids is 3. The Labute approximate surface area is 260 Å². The zero-order valence-electron chi connectivity index (χ0n) is 24.9. The predicted molar refractivity (Wildman–Crippen MR) is 173 cm³/mol. The summed E-state index contributed by atoms with van der Waals surface area (Å²) in [5.74, 6) is -2.13. The quantitative estimate of drug-likeness (QED) is 0.143. The van der Waals surface area contributed by atoms with Crippen molar-refractivity contribution in [3.05, 3.63) is 141 Å². The Hall–Kier alpha value is -5.37. The number of hydrogen-bond acceptors (Lipinski definition) is 6. The first-order valence-corrected chi connectivity index (χ1v) is 15.2. The Morgan fingerprint density at radius 3 is 2.24 bits per heavy atom. The van der Waals surface area contributed by atoms with Crippen molar-refractivity contribution in [3.63, 3.8) is 0 Å². The number of nitrogens with zero attached hydrogens (tertiary/aromatic N) is 2. The highest BCUT2D eigenvalue weighted by Gasteiger charge is 2.70. The molecule has 4 aromatic rings. The lowest BCUT2D eigenvalue weighted by Gasteiger charge is -2.39. The number of aryl methyl sites for hydroxylation is 1. The van der Waals surface area contributed by atoms with Gasteiger partial charge in [0.05, 0.1) is 16.9 Å². The van der Waals surface area contributed by atoms with E-state index in [0.29, 0.717) is 16.8 Å². The van der Waals surface area contributed by atoms with Gasteiger partial charge in [-0.3, -0.25) is 24.5 Å². The molecule has 4 unspecified atom stereocenters. The maximum Gasteiger partial charge on any atom is 0.269 e. The van der Waals surface area contributed by atoms with Crippen molar-refractivity contribution in [1.82, 2.24) is 0 Å². The first-order valence-electron chi connectivity index (χ1n) is 15.2. The second kappa shape index (κ2) is 10.7. The summed E-state index contributed by atoms with van der Waals surface area (Å²) in [4.78, 5) is 57.2. The van der Waals surface area contributed by atoms with Crippen molar-refractivity contribution in [2.75, 3.05) is 10.2 Å². The van der Waals surface area contributed by atoms with Crippen LogP contribution in [-0.4, -0.2) is 34.5 Å². The first kappa shape index (κ1) is 28.4. The van der Waals surface area contributed by atoms with E-state index in [-0.39, 0.29) is 28.7 Å². The molecule has 0 aromatic heterocycles. The van der Waals surface area contributed by atoms with Gasteiger partial charge in [0.2, 0.25) is 5.91 Å². The van der Waals surface area contributed by atoms with Crippen molar-refractivity contribution in [2.24, 2.45) is 5.92 Å². The van der Waals surface area contributed by atoms with Crippen LogP contribution in [0.25, 0.3) is 5.57 Å². The minimum absolute atomic E-state index is 0.141. The molecule has 0 bridgehead atoms. The zero-order valence-corrected chi connectivity index (χ0v) is 24.9. The molecule has 0 aliphatic carbocycles. The fourth-order valence-corrected chi connectivity index (χ4v) is 7.61. The highest BCUT2D eigenvalue weighted by atomic mass is 16.6. The number of rotatable bonds is 7. The Morgan fingerprint density at radius 2 is 1.53 bits per heavy atom. The van der Waals surface area contributed by atoms with Crippen LogP contribution in [0.4, 0.5) is 17.1 Å². The van der Waals surface area contributed by atoms with Crippen molar-refractivity contribution in [1.29, 1.82) is 0 Å². The van der Waals surface area contributed by atoms with Gasteiger partial charge >= 0.3 is 0 Å². The normalized spacial score (nSPS) is 22.7. The largest absolute Gasteiger partial charge is 0.352 e. The van der Waals surface area contributed by atoms with Gasteiger partial charge in [-0.2, -0.15) is 0 Å². The van der Waals surface area contributed by atoms with E-state index in [0.717, 1.165) is 35.2 Å². The molecule has 8 heteroatoms. The second-order valence-corrected chi connectivity index (χ2v) is 12.0. The van der Waals surface area contributed by atoms with E-state index in [1.54, 1.807) is 12.1 Å². The lowest BCUT2D eigenvalue weighted by molar-refractivity contribution is -0.384. The number of nitrogens with one attached hydrogen (secondary N) is 1. The van der Waals surface area contributed by atoms with Gasteiger partial charge in [0.25, 0.3) is 5.69 Å². The molecule has 3 aliphatic heterocycles. The Balaban J connectivity index is 1.50.